The van der Waals surface area contributed by atoms with E-state index in [1.54, 1.807) is 16.9 Å². The van der Waals surface area contributed by atoms with Gasteiger partial charge in [0, 0.05) is 24.5 Å². The third-order valence-corrected chi connectivity index (χ3v) is 3.28. The van der Waals surface area contributed by atoms with Crippen LogP contribution < -0.4 is 11.1 Å². The zero-order valence-electron chi connectivity index (χ0n) is 12.0. The second-order valence-electron chi connectivity index (χ2n) is 4.94. The molecule has 2 aromatic heterocycles. The van der Waals surface area contributed by atoms with Crippen LogP contribution in [0.2, 0.25) is 0 Å². The van der Waals surface area contributed by atoms with Gasteiger partial charge < -0.3 is 11.1 Å². The van der Waals surface area contributed by atoms with Crippen LogP contribution in [0.3, 0.4) is 0 Å². The summed E-state index contributed by atoms with van der Waals surface area (Å²) in [6, 6.07) is 1.85. The lowest BCUT2D eigenvalue weighted by Gasteiger charge is -2.15. The second kappa shape index (κ2) is 6.47. The summed E-state index contributed by atoms with van der Waals surface area (Å²) in [5.41, 5.74) is 7.62. The van der Waals surface area contributed by atoms with Crippen LogP contribution in [0.1, 0.15) is 42.2 Å². The van der Waals surface area contributed by atoms with Crippen LogP contribution in [0, 0.1) is 6.92 Å². The van der Waals surface area contributed by atoms with Gasteiger partial charge in [0.2, 0.25) is 0 Å². The molecule has 108 valence electrons. The molecule has 1 amide bonds. The first-order valence-electron chi connectivity index (χ1n) is 6.97. The summed E-state index contributed by atoms with van der Waals surface area (Å²) in [7, 11) is 0. The van der Waals surface area contributed by atoms with Crippen LogP contribution in [0.5, 0.6) is 0 Å². The lowest BCUT2D eigenvalue weighted by atomic mass is 10.1. The van der Waals surface area contributed by atoms with Crippen molar-refractivity contribution in [2.24, 2.45) is 5.73 Å². The van der Waals surface area contributed by atoms with Crippen LogP contribution in [-0.2, 0) is 0 Å². The van der Waals surface area contributed by atoms with Crippen molar-refractivity contribution in [2.45, 2.75) is 39.2 Å². The summed E-state index contributed by atoms with van der Waals surface area (Å²) in [5, 5.41) is 7.10. The first-order chi connectivity index (χ1) is 9.65. The lowest BCUT2D eigenvalue weighted by molar-refractivity contribution is 0.0937. The Kier molecular flexibility index (Phi) is 4.68. The molecule has 6 nitrogen and oxygen atoms in total. The summed E-state index contributed by atoms with van der Waals surface area (Å²) in [4.78, 5) is 16.7. The van der Waals surface area contributed by atoms with Gasteiger partial charge in [0.05, 0.1) is 6.20 Å². The van der Waals surface area contributed by atoms with Crippen molar-refractivity contribution in [3.8, 4) is 0 Å². The largest absolute Gasteiger partial charge is 0.348 e. The van der Waals surface area contributed by atoms with Crippen molar-refractivity contribution in [2.75, 3.05) is 6.54 Å². The van der Waals surface area contributed by atoms with Crippen molar-refractivity contribution < 1.29 is 4.79 Å². The third kappa shape index (κ3) is 3.14. The Bertz CT molecular complexity index is 592. The Balaban J connectivity index is 2.16. The maximum Gasteiger partial charge on any atom is 0.257 e. The van der Waals surface area contributed by atoms with E-state index < -0.39 is 0 Å². The molecule has 2 rings (SSSR count). The Morgan fingerprint density at radius 1 is 1.55 bits per heavy atom. The maximum absolute atomic E-state index is 12.3. The molecule has 6 heteroatoms. The van der Waals surface area contributed by atoms with Crippen LogP contribution in [0.25, 0.3) is 5.65 Å². The van der Waals surface area contributed by atoms with E-state index in [0.29, 0.717) is 17.8 Å². The first-order valence-corrected chi connectivity index (χ1v) is 6.97. The molecule has 0 spiro atoms. The van der Waals surface area contributed by atoms with Gasteiger partial charge in [-0.3, -0.25) is 4.79 Å². The predicted molar refractivity (Wildman–Crippen MR) is 77.6 cm³/mol. The average Bonchev–Trinajstić information content (AvgIpc) is 2.86. The molecule has 1 atom stereocenters. The van der Waals surface area contributed by atoms with Crippen molar-refractivity contribution in [3.63, 3.8) is 0 Å². The number of aromatic nitrogens is 3. The van der Waals surface area contributed by atoms with Gasteiger partial charge in [0.15, 0.2) is 5.65 Å². The quantitative estimate of drug-likeness (QED) is 0.831. The van der Waals surface area contributed by atoms with E-state index in [4.69, 9.17) is 5.73 Å². The van der Waals surface area contributed by atoms with E-state index >= 15 is 0 Å². The minimum absolute atomic E-state index is 0.00205. The van der Waals surface area contributed by atoms with Gasteiger partial charge in [-0.25, -0.2) is 9.50 Å². The first kappa shape index (κ1) is 14.5. The number of hydrogen-bond acceptors (Lipinski definition) is 4. The molecule has 0 fully saturated rings. The zero-order chi connectivity index (χ0) is 14.5. The van der Waals surface area contributed by atoms with Gasteiger partial charge in [-0.1, -0.05) is 19.8 Å². The molecule has 0 radical (unpaired) electrons. The van der Waals surface area contributed by atoms with Crippen LogP contribution >= 0.6 is 0 Å². The minimum atomic E-state index is -0.162. The number of nitrogens with zero attached hydrogens (tertiary/aromatic N) is 3. The number of aryl methyl sites for hydroxylation is 1. The van der Waals surface area contributed by atoms with Gasteiger partial charge in [0.1, 0.15) is 5.56 Å². The fourth-order valence-corrected chi connectivity index (χ4v) is 2.08. The summed E-state index contributed by atoms with van der Waals surface area (Å²) >= 11 is 0. The summed E-state index contributed by atoms with van der Waals surface area (Å²) in [6.45, 7) is 4.45. The Hall–Kier alpha value is -1.95. The second-order valence-corrected chi connectivity index (χ2v) is 4.94. The molecule has 0 aliphatic carbocycles. The van der Waals surface area contributed by atoms with E-state index in [0.717, 1.165) is 25.0 Å². The number of carbonyl (C=O) groups excluding carboxylic acids is 1. The molecule has 0 aliphatic heterocycles. The monoisotopic (exact) mass is 275 g/mol. The van der Waals surface area contributed by atoms with Crippen LogP contribution in [0.4, 0.5) is 0 Å². The standard InChI is InChI=1S/C14H21N5O/c1-3-4-5-11(8-15)18-14(20)12-9-16-19-7-6-10(2)17-13(12)19/h6-7,9,11H,3-5,8,15H2,1-2H3,(H,18,20). The Labute approximate surface area is 118 Å². The zero-order valence-corrected chi connectivity index (χ0v) is 12.0. The lowest BCUT2D eigenvalue weighted by Crippen LogP contribution is -2.40. The smallest absolute Gasteiger partial charge is 0.257 e. The van der Waals surface area contributed by atoms with Gasteiger partial charge in [0.25, 0.3) is 5.91 Å². The molecule has 0 saturated heterocycles. The minimum Gasteiger partial charge on any atom is -0.348 e. The van der Waals surface area contributed by atoms with E-state index in [2.05, 4.69) is 22.3 Å². The fraction of sp³-hybridized carbons (Fsp3) is 0.500. The molecule has 0 bridgehead atoms. The molecule has 2 heterocycles. The van der Waals surface area contributed by atoms with Gasteiger partial charge in [-0.15, -0.1) is 0 Å². The molecule has 0 aliphatic rings. The molecular formula is C14H21N5O. The Morgan fingerprint density at radius 2 is 2.35 bits per heavy atom. The molecular weight excluding hydrogens is 254 g/mol. The topological polar surface area (TPSA) is 85.3 Å². The highest BCUT2D eigenvalue weighted by molar-refractivity contribution is 5.99. The summed E-state index contributed by atoms with van der Waals surface area (Å²) in [6.07, 6.45) is 6.37. The molecule has 3 N–H and O–H groups in total. The van der Waals surface area contributed by atoms with Crippen LogP contribution in [-0.4, -0.2) is 33.1 Å². The molecule has 1 unspecified atom stereocenters. The highest BCUT2D eigenvalue weighted by Gasteiger charge is 2.17. The third-order valence-electron chi connectivity index (χ3n) is 3.28. The number of carbonyl (C=O) groups is 1. The number of unbranched alkanes of at least 4 members (excludes halogenated alkanes) is 1. The Morgan fingerprint density at radius 3 is 3.05 bits per heavy atom. The van der Waals surface area contributed by atoms with Crippen molar-refractivity contribution in [3.05, 3.63) is 29.7 Å². The molecule has 2 aromatic rings. The predicted octanol–water partition coefficient (Wildman–Crippen LogP) is 1.29. The number of nitrogens with one attached hydrogen (secondary N) is 1. The number of rotatable bonds is 6. The fourth-order valence-electron chi connectivity index (χ4n) is 2.08. The van der Waals surface area contributed by atoms with E-state index in [1.807, 2.05) is 13.0 Å². The van der Waals surface area contributed by atoms with Crippen molar-refractivity contribution in [1.29, 1.82) is 0 Å². The molecule has 0 saturated carbocycles. The van der Waals surface area contributed by atoms with Gasteiger partial charge in [-0.05, 0) is 19.4 Å². The SMILES string of the molecule is CCCCC(CN)NC(=O)c1cnn2ccc(C)nc12. The summed E-state index contributed by atoms with van der Waals surface area (Å²) in [5.74, 6) is -0.162. The highest BCUT2D eigenvalue weighted by Crippen LogP contribution is 2.09. The molecule has 20 heavy (non-hydrogen) atoms. The highest BCUT2D eigenvalue weighted by atomic mass is 16.1. The number of amides is 1. The summed E-state index contributed by atoms with van der Waals surface area (Å²) < 4.78 is 1.60. The number of hydrogen-bond donors (Lipinski definition) is 2. The van der Waals surface area contributed by atoms with Crippen molar-refractivity contribution >= 4 is 11.6 Å². The number of nitrogens with two attached hydrogens (primary N) is 1. The van der Waals surface area contributed by atoms with Gasteiger partial charge >= 0.3 is 0 Å². The van der Waals surface area contributed by atoms with Crippen molar-refractivity contribution in [1.82, 2.24) is 19.9 Å². The van der Waals surface area contributed by atoms with Gasteiger partial charge in [-0.2, -0.15) is 5.10 Å². The van der Waals surface area contributed by atoms with E-state index in [1.165, 1.54) is 0 Å². The number of fused-ring (bicyclic) bond motifs is 1. The van der Waals surface area contributed by atoms with E-state index in [9.17, 15) is 4.79 Å². The maximum atomic E-state index is 12.3. The normalized spacial score (nSPS) is 12.6. The molecule has 0 aromatic carbocycles. The average molecular weight is 275 g/mol. The van der Waals surface area contributed by atoms with E-state index in [-0.39, 0.29) is 11.9 Å². The van der Waals surface area contributed by atoms with Crippen LogP contribution in [0.15, 0.2) is 18.5 Å².